The van der Waals surface area contributed by atoms with E-state index < -0.39 is 0 Å². The number of hydrogen-bond acceptors (Lipinski definition) is 5. The van der Waals surface area contributed by atoms with Crippen LogP contribution in [0.15, 0.2) is 71.1 Å². The number of fused-ring (bicyclic) bond motifs is 3. The summed E-state index contributed by atoms with van der Waals surface area (Å²) >= 11 is 1.28. The molecule has 1 N–H and O–H groups in total. The van der Waals surface area contributed by atoms with Gasteiger partial charge in [0, 0.05) is 12.2 Å². The van der Waals surface area contributed by atoms with Crippen LogP contribution in [-0.4, -0.2) is 30.8 Å². The van der Waals surface area contributed by atoms with E-state index in [2.05, 4.69) is 35.9 Å². The van der Waals surface area contributed by atoms with Gasteiger partial charge in [0.2, 0.25) is 11.7 Å². The Labute approximate surface area is 190 Å². The molecular formula is C24H25N5O2S. The molecule has 0 saturated carbocycles. The van der Waals surface area contributed by atoms with Gasteiger partial charge in [-0.2, -0.15) is 0 Å². The van der Waals surface area contributed by atoms with Crippen LogP contribution in [0.2, 0.25) is 0 Å². The van der Waals surface area contributed by atoms with Gasteiger partial charge in [0.1, 0.15) is 0 Å². The molecule has 0 bridgehead atoms. The molecule has 0 fully saturated rings. The first-order valence-electron chi connectivity index (χ1n) is 10.5. The zero-order valence-corrected chi connectivity index (χ0v) is 18.9. The molecule has 0 spiro atoms. The second kappa shape index (κ2) is 9.40. The van der Waals surface area contributed by atoms with Gasteiger partial charge in [0.05, 0.1) is 16.7 Å². The fourth-order valence-corrected chi connectivity index (χ4v) is 4.32. The third-order valence-corrected chi connectivity index (χ3v) is 6.43. The van der Waals surface area contributed by atoms with Gasteiger partial charge in [-0.1, -0.05) is 56.0 Å². The van der Waals surface area contributed by atoms with Crippen LogP contribution in [0, 0.1) is 0 Å². The molecule has 0 aliphatic rings. The van der Waals surface area contributed by atoms with Crippen molar-refractivity contribution in [2.24, 2.45) is 0 Å². The molecule has 2 aromatic carbocycles. The summed E-state index contributed by atoms with van der Waals surface area (Å²) in [5.74, 6) is 0.955. The van der Waals surface area contributed by atoms with Gasteiger partial charge < -0.3 is 5.32 Å². The number of carbonyl (C=O) groups is 1. The number of thioether (sulfide) groups is 1. The van der Waals surface area contributed by atoms with Crippen LogP contribution in [0.1, 0.15) is 31.7 Å². The van der Waals surface area contributed by atoms with Gasteiger partial charge in [0.25, 0.3) is 5.56 Å². The van der Waals surface area contributed by atoms with Crippen molar-refractivity contribution in [2.75, 3.05) is 11.1 Å². The minimum atomic E-state index is -0.143. The molecule has 32 heavy (non-hydrogen) atoms. The van der Waals surface area contributed by atoms with E-state index in [1.54, 1.807) is 12.1 Å². The smallest absolute Gasteiger partial charge is 0.263 e. The lowest BCUT2D eigenvalue weighted by Crippen LogP contribution is -2.22. The molecule has 0 saturated heterocycles. The lowest BCUT2D eigenvalue weighted by Gasteiger charge is -2.11. The van der Waals surface area contributed by atoms with E-state index in [0.717, 1.165) is 12.1 Å². The molecule has 0 aliphatic heterocycles. The number of carbonyl (C=O) groups excluding carboxylic acids is 1. The van der Waals surface area contributed by atoms with Crippen LogP contribution in [0.3, 0.4) is 0 Å². The van der Waals surface area contributed by atoms with E-state index in [-0.39, 0.29) is 17.2 Å². The Kier molecular flexibility index (Phi) is 6.41. The highest BCUT2D eigenvalue weighted by molar-refractivity contribution is 7.99. The van der Waals surface area contributed by atoms with Crippen molar-refractivity contribution in [1.82, 2.24) is 19.2 Å². The normalized spacial score (nSPS) is 12.2. The minimum absolute atomic E-state index is 0.133. The molecule has 8 heteroatoms. The van der Waals surface area contributed by atoms with Crippen LogP contribution >= 0.6 is 11.8 Å². The van der Waals surface area contributed by atoms with Crippen LogP contribution in [-0.2, 0) is 11.3 Å². The molecule has 0 radical (unpaired) electrons. The maximum absolute atomic E-state index is 12.9. The lowest BCUT2D eigenvalue weighted by molar-refractivity contribution is -0.113. The number of nitrogens with zero attached hydrogens (tertiary/aromatic N) is 4. The summed E-state index contributed by atoms with van der Waals surface area (Å²) < 4.78 is 3.35. The van der Waals surface area contributed by atoms with E-state index in [0.29, 0.717) is 34.3 Å². The summed E-state index contributed by atoms with van der Waals surface area (Å²) in [6.07, 6.45) is 2.72. The fraction of sp³-hybridized carbons (Fsp3) is 0.250. The second-order valence-corrected chi connectivity index (χ2v) is 8.55. The monoisotopic (exact) mass is 447 g/mol. The number of rotatable bonds is 8. The molecule has 2 heterocycles. The quantitative estimate of drug-likeness (QED) is 0.318. The van der Waals surface area contributed by atoms with Crippen molar-refractivity contribution in [3.05, 3.63) is 77.1 Å². The third kappa shape index (κ3) is 4.18. The number of hydrogen-bond donors (Lipinski definition) is 1. The first-order valence-corrected chi connectivity index (χ1v) is 11.5. The summed E-state index contributed by atoms with van der Waals surface area (Å²) in [5, 5.41) is 12.5. The van der Waals surface area contributed by atoms with Crippen molar-refractivity contribution < 1.29 is 4.79 Å². The van der Waals surface area contributed by atoms with Crippen LogP contribution < -0.4 is 10.9 Å². The van der Waals surface area contributed by atoms with Crippen molar-refractivity contribution in [2.45, 2.75) is 37.9 Å². The molecule has 164 valence electrons. The highest BCUT2D eigenvalue weighted by atomic mass is 32.2. The molecule has 1 amide bonds. The van der Waals surface area contributed by atoms with Crippen molar-refractivity contribution in [3.8, 4) is 0 Å². The number of anilines is 1. The Balaban J connectivity index is 1.57. The maximum Gasteiger partial charge on any atom is 0.263 e. The van der Waals surface area contributed by atoms with Gasteiger partial charge in [-0.25, -0.2) is 0 Å². The molecule has 4 rings (SSSR count). The maximum atomic E-state index is 12.9. The summed E-state index contributed by atoms with van der Waals surface area (Å²) in [6.45, 7) is 8.40. The Morgan fingerprint density at radius 2 is 1.94 bits per heavy atom. The highest BCUT2D eigenvalue weighted by Gasteiger charge is 2.17. The zero-order valence-electron chi connectivity index (χ0n) is 18.1. The zero-order chi connectivity index (χ0) is 22.7. The highest BCUT2D eigenvalue weighted by Crippen LogP contribution is 2.23. The van der Waals surface area contributed by atoms with Crippen LogP contribution in [0.25, 0.3) is 16.7 Å². The number of allylic oxidation sites excluding steroid dienone is 1. The summed E-state index contributed by atoms with van der Waals surface area (Å²) in [7, 11) is 0. The molecule has 4 aromatic rings. The number of benzene rings is 2. The second-order valence-electron chi connectivity index (χ2n) is 7.61. The Morgan fingerprint density at radius 1 is 1.19 bits per heavy atom. The molecule has 1 unspecified atom stereocenters. The van der Waals surface area contributed by atoms with Gasteiger partial charge >= 0.3 is 0 Å². The molecule has 1 atom stereocenters. The lowest BCUT2D eigenvalue weighted by atomic mass is 9.99. The van der Waals surface area contributed by atoms with Crippen molar-refractivity contribution in [3.63, 3.8) is 0 Å². The van der Waals surface area contributed by atoms with Gasteiger partial charge in [0.15, 0.2) is 5.16 Å². The Hall–Kier alpha value is -3.39. The molecular weight excluding hydrogens is 422 g/mol. The Bertz CT molecular complexity index is 1340. The molecule has 0 aliphatic carbocycles. The number of aromatic nitrogens is 4. The summed E-state index contributed by atoms with van der Waals surface area (Å²) in [5.41, 5.74) is 2.59. The van der Waals surface area contributed by atoms with E-state index in [4.69, 9.17) is 0 Å². The van der Waals surface area contributed by atoms with E-state index in [9.17, 15) is 9.59 Å². The third-order valence-electron chi connectivity index (χ3n) is 5.50. The van der Waals surface area contributed by atoms with Crippen molar-refractivity contribution >= 4 is 40.0 Å². The number of para-hydroxylation sites is 1. The predicted octanol–water partition coefficient (Wildman–Crippen LogP) is 4.47. The average molecular weight is 448 g/mol. The average Bonchev–Trinajstić information content (AvgIpc) is 3.24. The summed E-state index contributed by atoms with van der Waals surface area (Å²) in [4.78, 5) is 25.4. The topological polar surface area (TPSA) is 81.3 Å². The van der Waals surface area contributed by atoms with Crippen LogP contribution in [0.4, 0.5) is 5.69 Å². The first-order chi connectivity index (χ1) is 15.5. The largest absolute Gasteiger partial charge is 0.325 e. The molecule has 2 aromatic heterocycles. The van der Waals surface area contributed by atoms with Gasteiger partial charge in [-0.15, -0.1) is 16.8 Å². The molecule has 7 nitrogen and oxygen atoms in total. The fourth-order valence-electron chi connectivity index (χ4n) is 3.58. The van der Waals surface area contributed by atoms with Crippen LogP contribution in [0.5, 0.6) is 0 Å². The van der Waals surface area contributed by atoms with E-state index in [1.165, 1.54) is 21.9 Å². The predicted molar refractivity (Wildman–Crippen MR) is 129 cm³/mol. The van der Waals surface area contributed by atoms with E-state index >= 15 is 0 Å². The SMILES string of the molecule is C=CCn1c(=O)c2ccccc2n2c(SCC(=O)Nc3ccc(C(C)CC)cc3)nnc12. The van der Waals surface area contributed by atoms with Crippen molar-refractivity contribution in [1.29, 1.82) is 0 Å². The first kappa shape index (κ1) is 21.8. The van der Waals surface area contributed by atoms with E-state index in [1.807, 2.05) is 46.9 Å². The standard InChI is InChI=1S/C24H25N5O2S/c1-4-14-28-22(31)19-8-6-7-9-20(19)29-23(28)26-27-24(29)32-15-21(30)25-18-12-10-17(11-13-18)16(3)5-2/h4,6-13,16H,1,5,14-15H2,2-3H3,(H,25,30). The van der Waals surface area contributed by atoms with Gasteiger partial charge in [-0.3, -0.25) is 18.6 Å². The Morgan fingerprint density at radius 3 is 2.66 bits per heavy atom. The number of amides is 1. The summed E-state index contributed by atoms with van der Waals surface area (Å²) in [6, 6.07) is 15.3. The number of nitrogens with one attached hydrogen (secondary N) is 1. The van der Waals surface area contributed by atoms with Gasteiger partial charge in [-0.05, 0) is 42.2 Å². The minimum Gasteiger partial charge on any atom is -0.325 e.